The molecule has 0 N–H and O–H groups in total. The van der Waals surface area contributed by atoms with Gasteiger partial charge in [-0.3, -0.25) is 4.79 Å². The van der Waals surface area contributed by atoms with E-state index in [4.69, 9.17) is 0 Å². The number of thioether (sulfide) groups is 1. The second-order valence-corrected chi connectivity index (χ2v) is 10.5. The van der Waals surface area contributed by atoms with Crippen molar-refractivity contribution in [3.8, 4) is 0 Å². The van der Waals surface area contributed by atoms with Gasteiger partial charge in [-0.05, 0) is 30.5 Å². The highest BCUT2D eigenvalue weighted by molar-refractivity contribution is 8.16. The van der Waals surface area contributed by atoms with Crippen LogP contribution in [0.2, 0.25) is 0 Å². The van der Waals surface area contributed by atoms with E-state index in [1.807, 2.05) is 53.4 Å². The maximum absolute atomic E-state index is 12.5. The van der Waals surface area contributed by atoms with Gasteiger partial charge < -0.3 is 4.90 Å². The van der Waals surface area contributed by atoms with E-state index in [2.05, 4.69) is 17.1 Å². The fourth-order valence-electron chi connectivity index (χ4n) is 3.71. The zero-order valence-electron chi connectivity index (χ0n) is 15.4. The predicted molar refractivity (Wildman–Crippen MR) is 115 cm³/mol. The summed E-state index contributed by atoms with van der Waals surface area (Å²) in [5.74, 6) is 0.107. The van der Waals surface area contributed by atoms with Gasteiger partial charge in [0, 0.05) is 17.4 Å². The summed E-state index contributed by atoms with van der Waals surface area (Å²) < 4.78 is 24.2. The van der Waals surface area contributed by atoms with Crippen LogP contribution in [0, 0.1) is 0 Å². The van der Waals surface area contributed by atoms with E-state index >= 15 is 0 Å². The first kappa shape index (κ1) is 19.2. The molecule has 0 unspecified atom stereocenters. The van der Waals surface area contributed by atoms with Crippen molar-refractivity contribution >= 4 is 38.4 Å². The number of nitrogens with zero attached hydrogens (tertiary/aromatic N) is 2. The summed E-state index contributed by atoms with van der Waals surface area (Å²) in [6, 6.07) is 19.5. The number of aryl methyl sites for hydroxylation is 1. The van der Waals surface area contributed by atoms with Crippen LogP contribution in [0.4, 0.5) is 5.69 Å². The topological polar surface area (TPSA) is 66.8 Å². The van der Waals surface area contributed by atoms with Gasteiger partial charge in [-0.15, -0.1) is 0 Å². The Bertz CT molecular complexity index is 975. The second kappa shape index (κ2) is 8.09. The fraction of sp³-hybridized carbons (Fsp3) is 0.333. The number of carbonyl (C=O) groups is 1. The van der Waals surface area contributed by atoms with E-state index in [-0.39, 0.29) is 28.7 Å². The molecule has 28 heavy (non-hydrogen) atoms. The molecule has 0 aromatic heterocycles. The Morgan fingerprint density at radius 1 is 1.04 bits per heavy atom. The molecule has 146 valence electrons. The molecule has 1 amide bonds. The lowest BCUT2D eigenvalue weighted by atomic mass is 10.1. The van der Waals surface area contributed by atoms with Gasteiger partial charge in [0.05, 0.1) is 17.5 Å². The van der Waals surface area contributed by atoms with E-state index < -0.39 is 9.84 Å². The summed E-state index contributed by atoms with van der Waals surface area (Å²) >= 11 is 1.42. The Morgan fingerprint density at radius 3 is 2.43 bits per heavy atom. The van der Waals surface area contributed by atoms with Crippen LogP contribution < -0.4 is 4.90 Å². The summed E-state index contributed by atoms with van der Waals surface area (Å²) in [5.41, 5.74) is 2.10. The van der Waals surface area contributed by atoms with Crippen molar-refractivity contribution < 1.29 is 13.2 Å². The molecule has 7 heteroatoms. The molecule has 2 heterocycles. The van der Waals surface area contributed by atoms with Crippen molar-refractivity contribution in [1.82, 2.24) is 0 Å². The minimum atomic E-state index is -3.05. The standard InChI is InChI=1S/C21H22N2O3S2/c24-20(13-7-10-16-8-3-1-4-9-16)22-21-23(17-11-5-2-6-12-17)18-14-28(25,26)15-19(18)27-21/h1-6,8-9,11-12,18-19H,7,10,13-15H2/t18-,19-/m0/s1. The first-order valence-electron chi connectivity index (χ1n) is 9.39. The van der Waals surface area contributed by atoms with Crippen LogP contribution in [0.25, 0.3) is 0 Å². The summed E-state index contributed by atoms with van der Waals surface area (Å²) in [7, 11) is -3.05. The average Bonchev–Trinajstić information content (AvgIpc) is 3.14. The number of hydrogen-bond acceptors (Lipinski definition) is 4. The third kappa shape index (κ3) is 4.31. The zero-order valence-corrected chi connectivity index (χ0v) is 17.0. The minimum Gasteiger partial charge on any atom is -0.316 e. The third-order valence-electron chi connectivity index (χ3n) is 5.02. The van der Waals surface area contributed by atoms with Gasteiger partial charge in [-0.2, -0.15) is 4.99 Å². The number of benzene rings is 2. The molecule has 0 spiro atoms. The molecular formula is C21H22N2O3S2. The maximum atomic E-state index is 12.5. The van der Waals surface area contributed by atoms with Crippen LogP contribution in [0.5, 0.6) is 0 Å². The number of hydrogen-bond donors (Lipinski definition) is 0. The van der Waals surface area contributed by atoms with Gasteiger partial charge >= 0.3 is 0 Å². The first-order chi connectivity index (χ1) is 13.5. The molecule has 2 fully saturated rings. The molecule has 4 rings (SSSR count). The summed E-state index contributed by atoms with van der Waals surface area (Å²) in [4.78, 5) is 18.8. The number of rotatable bonds is 5. The number of aliphatic imine (C=N–C) groups is 1. The molecule has 2 saturated heterocycles. The Hall–Kier alpha value is -2.12. The van der Waals surface area contributed by atoms with Crippen molar-refractivity contribution in [1.29, 1.82) is 0 Å². The number of amidine groups is 1. The Kier molecular flexibility index (Phi) is 5.55. The van der Waals surface area contributed by atoms with Gasteiger partial charge in [-0.25, -0.2) is 8.42 Å². The highest BCUT2D eigenvalue weighted by Crippen LogP contribution is 2.40. The molecule has 2 aliphatic rings. The Labute approximate surface area is 169 Å². The monoisotopic (exact) mass is 414 g/mol. The van der Waals surface area contributed by atoms with Crippen molar-refractivity contribution in [2.24, 2.45) is 4.99 Å². The molecule has 2 aliphatic heterocycles. The fourth-order valence-corrected chi connectivity index (χ4v) is 7.64. The number of amides is 1. The number of para-hydroxylation sites is 1. The van der Waals surface area contributed by atoms with Gasteiger partial charge in [0.15, 0.2) is 15.0 Å². The zero-order chi connectivity index (χ0) is 19.6. The molecule has 2 aromatic rings. The molecule has 0 saturated carbocycles. The number of anilines is 1. The van der Waals surface area contributed by atoms with Crippen LogP contribution in [0.1, 0.15) is 18.4 Å². The van der Waals surface area contributed by atoms with Crippen LogP contribution in [0.3, 0.4) is 0 Å². The normalized spacial score (nSPS) is 24.4. The number of fused-ring (bicyclic) bond motifs is 1. The van der Waals surface area contributed by atoms with Crippen LogP contribution >= 0.6 is 11.8 Å². The molecular weight excluding hydrogens is 392 g/mol. The highest BCUT2D eigenvalue weighted by Gasteiger charge is 2.49. The molecule has 2 atom stereocenters. The summed E-state index contributed by atoms with van der Waals surface area (Å²) in [6.45, 7) is 0. The lowest BCUT2D eigenvalue weighted by molar-refractivity contribution is -0.117. The molecule has 5 nitrogen and oxygen atoms in total. The molecule has 0 bridgehead atoms. The molecule has 0 aliphatic carbocycles. The largest absolute Gasteiger partial charge is 0.316 e. The van der Waals surface area contributed by atoms with E-state index in [9.17, 15) is 13.2 Å². The van der Waals surface area contributed by atoms with Crippen LogP contribution in [0.15, 0.2) is 65.7 Å². The smallest absolute Gasteiger partial charge is 0.248 e. The lowest BCUT2D eigenvalue weighted by Gasteiger charge is -2.24. The van der Waals surface area contributed by atoms with Crippen molar-refractivity contribution in [3.05, 3.63) is 66.2 Å². The highest BCUT2D eigenvalue weighted by atomic mass is 32.2. The van der Waals surface area contributed by atoms with Gasteiger partial charge in [0.25, 0.3) is 0 Å². The Morgan fingerprint density at radius 2 is 1.71 bits per heavy atom. The number of sulfone groups is 1. The molecule has 0 radical (unpaired) electrons. The van der Waals surface area contributed by atoms with E-state index in [1.165, 1.54) is 17.3 Å². The van der Waals surface area contributed by atoms with Crippen molar-refractivity contribution in [2.75, 3.05) is 16.4 Å². The van der Waals surface area contributed by atoms with Gasteiger partial charge in [0.1, 0.15) is 0 Å². The number of carbonyl (C=O) groups excluding carboxylic acids is 1. The van der Waals surface area contributed by atoms with Crippen molar-refractivity contribution in [3.63, 3.8) is 0 Å². The van der Waals surface area contributed by atoms with E-state index in [0.717, 1.165) is 18.5 Å². The minimum absolute atomic E-state index is 0.0684. The van der Waals surface area contributed by atoms with Gasteiger partial charge in [0.2, 0.25) is 5.91 Å². The lowest BCUT2D eigenvalue weighted by Crippen LogP contribution is -2.37. The first-order valence-corrected chi connectivity index (χ1v) is 12.1. The SMILES string of the molecule is O=C(CCCc1ccccc1)N=C1S[C@H]2CS(=O)(=O)C[C@@H]2N1c1ccccc1. The second-order valence-electron chi connectivity index (χ2n) is 7.13. The quantitative estimate of drug-likeness (QED) is 0.751. The molecule has 2 aromatic carbocycles. The summed E-state index contributed by atoms with van der Waals surface area (Å²) in [6.07, 6.45) is 1.97. The summed E-state index contributed by atoms with van der Waals surface area (Å²) in [5, 5.41) is 0.557. The maximum Gasteiger partial charge on any atom is 0.248 e. The van der Waals surface area contributed by atoms with Gasteiger partial charge in [-0.1, -0.05) is 60.3 Å². The van der Waals surface area contributed by atoms with E-state index in [0.29, 0.717) is 11.6 Å². The van der Waals surface area contributed by atoms with Crippen molar-refractivity contribution in [2.45, 2.75) is 30.6 Å². The third-order valence-corrected chi connectivity index (χ3v) is 8.23. The van der Waals surface area contributed by atoms with Crippen LogP contribution in [-0.4, -0.2) is 42.3 Å². The Balaban J connectivity index is 1.48. The van der Waals surface area contributed by atoms with E-state index in [1.54, 1.807) is 0 Å². The van der Waals surface area contributed by atoms with Crippen LogP contribution in [-0.2, 0) is 21.1 Å². The average molecular weight is 415 g/mol. The predicted octanol–water partition coefficient (Wildman–Crippen LogP) is 3.31.